The van der Waals surface area contributed by atoms with Gasteiger partial charge in [-0.05, 0) is 84.1 Å². The lowest BCUT2D eigenvalue weighted by molar-refractivity contribution is -0.389. The number of aromatic nitrogens is 2. The number of piperazine rings is 1. The van der Waals surface area contributed by atoms with Crippen molar-refractivity contribution in [2.45, 2.75) is 45.4 Å². The molecule has 4 rings (SSSR count). The van der Waals surface area contributed by atoms with Crippen LogP contribution in [0.4, 0.5) is 16.3 Å². The van der Waals surface area contributed by atoms with E-state index < -0.39 is 16.6 Å². The van der Waals surface area contributed by atoms with Gasteiger partial charge in [-0.3, -0.25) is 4.57 Å². The molecular weight excluding hydrogens is 538 g/mol. The largest absolute Gasteiger partial charge is 0.491 e. The summed E-state index contributed by atoms with van der Waals surface area (Å²) in [5.74, 6) is 0.294. The van der Waals surface area contributed by atoms with Gasteiger partial charge in [-0.15, -0.1) is 0 Å². The Morgan fingerprint density at radius 3 is 2.23 bits per heavy atom. The summed E-state index contributed by atoms with van der Waals surface area (Å²) in [5, 5.41) is 21.1. The van der Waals surface area contributed by atoms with E-state index in [4.69, 9.17) is 21.1 Å². The van der Waals surface area contributed by atoms with E-state index in [9.17, 15) is 20.0 Å². The standard InChI is InChI=1S/C28H34ClN5O6/c1-28(2,3)40-27(36)32-16-14-31(15-17-32)22-8-4-20(5-9-22)21-6-10-24(11-7-21)39-19-23(35)12-13-33-18-25(34(37)38)30-26(33)29/h4-11,18,23,35H,12-17,19H2,1-3H3/t23-/m1/s1. The van der Waals surface area contributed by atoms with Gasteiger partial charge in [0.2, 0.25) is 0 Å². The zero-order valence-corrected chi connectivity index (χ0v) is 23.6. The van der Waals surface area contributed by atoms with Gasteiger partial charge in [0.15, 0.2) is 0 Å². The van der Waals surface area contributed by atoms with Crippen molar-refractivity contribution in [2.24, 2.45) is 0 Å². The Labute approximate surface area is 238 Å². The second kappa shape index (κ2) is 12.6. The maximum absolute atomic E-state index is 12.3. The molecule has 1 atom stereocenters. The molecule has 1 aliphatic rings. The normalized spacial score (nSPS) is 14.6. The minimum atomic E-state index is -0.782. The molecule has 0 saturated carbocycles. The molecule has 1 aliphatic heterocycles. The number of aryl methyl sites for hydroxylation is 1. The molecule has 1 N–H and O–H groups in total. The van der Waals surface area contributed by atoms with Crippen molar-refractivity contribution in [1.29, 1.82) is 0 Å². The molecular formula is C28H34ClN5O6. The topological polar surface area (TPSA) is 123 Å². The Hall–Kier alpha value is -3.83. The minimum Gasteiger partial charge on any atom is -0.491 e. The number of imidazole rings is 1. The summed E-state index contributed by atoms with van der Waals surface area (Å²) in [6.45, 7) is 8.68. The van der Waals surface area contributed by atoms with Crippen molar-refractivity contribution in [2.75, 3.05) is 37.7 Å². The number of anilines is 1. The van der Waals surface area contributed by atoms with Gasteiger partial charge in [0.25, 0.3) is 0 Å². The van der Waals surface area contributed by atoms with E-state index in [1.165, 1.54) is 10.8 Å². The first-order chi connectivity index (χ1) is 19.0. The molecule has 0 unspecified atom stereocenters. The van der Waals surface area contributed by atoms with E-state index in [0.29, 0.717) is 25.3 Å². The van der Waals surface area contributed by atoms with Gasteiger partial charge < -0.3 is 34.5 Å². The van der Waals surface area contributed by atoms with Crippen LogP contribution in [0.25, 0.3) is 11.1 Å². The number of halogens is 1. The number of nitro groups is 1. The Bertz CT molecular complexity index is 1300. The summed E-state index contributed by atoms with van der Waals surface area (Å²) in [7, 11) is 0. The van der Waals surface area contributed by atoms with E-state index in [1.54, 1.807) is 4.90 Å². The lowest BCUT2D eigenvalue weighted by Crippen LogP contribution is -2.50. The van der Waals surface area contributed by atoms with Gasteiger partial charge in [-0.25, -0.2) is 4.79 Å². The summed E-state index contributed by atoms with van der Waals surface area (Å²) in [6.07, 6.45) is 0.495. The Morgan fingerprint density at radius 1 is 1.07 bits per heavy atom. The molecule has 12 heteroatoms. The molecule has 1 saturated heterocycles. The Morgan fingerprint density at radius 2 is 1.68 bits per heavy atom. The van der Waals surface area contributed by atoms with E-state index in [1.807, 2.05) is 45.0 Å². The van der Waals surface area contributed by atoms with Crippen molar-refractivity contribution >= 4 is 29.2 Å². The van der Waals surface area contributed by atoms with Crippen molar-refractivity contribution in [3.05, 3.63) is 70.1 Å². The number of amides is 1. The second-order valence-electron chi connectivity index (χ2n) is 10.6. The molecule has 2 heterocycles. The SMILES string of the molecule is CC(C)(C)OC(=O)N1CCN(c2ccc(-c3ccc(OC[C@H](O)CCn4cc([N+](=O)[O-])nc4Cl)cc3)cc2)CC1. The van der Waals surface area contributed by atoms with Gasteiger partial charge in [-0.2, -0.15) is 0 Å². The summed E-state index contributed by atoms with van der Waals surface area (Å²) < 4.78 is 12.6. The van der Waals surface area contributed by atoms with Crippen LogP contribution in [0.1, 0.15) is 27.2 Å². The van der Waals surface area contributed by atoms with Crippen LogP contribution in [0.3, 0.4) is 0 Å². The fourth-order valence-electron chi connectivity index (χ4n) is 4.27. The van der Waals surface area contributed by atoms with Gasteiger partial charge in [0, 0.05) is 38.4 Å². The van der Waals surface area contributed by atoms with Crippen molar-refractivity contribution in [1.82, 2.24) is 14.5 Å². The first-order valence-corrected chi connectivity index (χ1v) is 13.5. The number of ether oxygens (including phenoxy) is 2. The lowest BCUT2D eigenvalue weighted by atomic mass is 10.0. The third kappa shape index (κ3) is 7.86. The highest BCUT2D eigenvalue weighted by Crippen LogP contribution is 2.26. The van der Waals surface area contributed by atoms with Crippen LogP contribution in [-0.2, 0) is 11.3 Å². The summed E-state index contributed by atoms with van der Waals surface area (Å²) in [5.41, 5.74) is 2.70. The molecule has 2 aromatic carbocycles. The van der Waals surface area contributed by atoms with Crippen molar-refractivity contribution < 1.29 is 24.3 Å². The molecule has 11 nitrogen and oxygen atoms in total. The summed E-state index contributed by atoms with van der Waals surface area (Å²) >= 11 is 5.91. The molecule has 1 aromatic heterocycles. The van der Waals surface area contributed by atoms with Gasteiger partial charge >= 0.3 is 17.2 Å². The molecule has 0 spiro atoms. The average molecular weight is 572 g/mol. The fourth-order valence-corrected chi connectivity index (χ4v) is 4.49. The second-order valence-corrected chi connectivity index (χ2v) is 10.9. The molecule has 1 amide bonds. The molecule has 3 aromatic rings. The molecule has 40 heavy (non-hydrogen) atoms. The maximum Gasteiger partial charge on any atom is 0.410 e. The highest BCUT2D eigenvalue weighted by atomic mass is 35.5. The number of rotatable bonds is 9. The average Bonchev–Trinajstić information content (AvgIpc) is 3.31. The van der Waals surface area contributed by atoms with Gasteiger partial charge in [0.1, 0.15) is 24.2 Å². The number of nitrogens with zero attached hydrogens (tertiary/aromatic N) is 5. The monoisotopic (exact) mass is 571 g/mol. The quantitative estimate of drug-likeness (QED) is 0.281. The van der Waals surface area contributed by atoms with Crippen LogP contribution in [0.15, 0.2) is 54.7 Å². The van der Waals surface area contributed by atoms with Crippen LogP contribution in [0, 0.1) is 10.1 Å². The van der Waals surface area contributed by atoms with E-state index in [2.05, 4.69) is 34.1 Å². The molecule has 0 aliphatic carbocycles. The Balaban J connectivity index is 1.23. The van der Waals surface area contributed by atoms with E-state index in [-0.39, 0.29) is 30.3 Å². The zero-order valence-electron chi connectivity index (χ0n) is 22.8. The number of benzene rings is 2. The first kappa shape index (κ1) is 29.2. The van der Waals surface area contributed by atoms with Crippen LogP contribution < -0.4 is 9.64 Å². The smallest absolute Gasteiger partial charge is 0.410 e. The molecule has 0 bridgehead atoms. The van der Waals surface area contributed by atoms with E-state index >= 15 is 0 Å². The predicted molar refractivity (Wildman–Crippen MR) is 152 cm³/mol. The third-order valence-electron chi connectivity index (χ3n) is 6.40. The number of carbonyl (C=O) groups excluding carboxylic acids is 1. The highest BCUT2D eigenvalue weighted by Gasteiger charge is 2.26. The number of hydrogen-bond donors (Lipinski definition) is 1. The van der Waals surface area contributed by atoms with Gasteiger partial charge in [-0.1, -0.05) is 24.3 Å². The van der Waals surface area contributed by atoms with Crippen molar-refractivity contribution in [3.63, 3.8) is 0 Å². The number of hydrogen-bond acceptors (Lipinski definition) is 8. The van der Waals surface area contributed by atoms with Crippen LogP contribution in [-0.4, -0.2) is 75.1 Å². The molecule has 214 valence electrons. The third-order valence-corrected chi connectivity index (χ3v) is 6.70. The van der Waals surface area contributed by atoms with Crippen LogP contribution in [0.2, 0.25) is 5.28 Å². The van der Waals surface area contributed by atoms with Crippen LogP contribution >= 0.6 is 11.6 Å². The highest BCUT2D eigenvalue weighted by molar-refractivity contribution is 6.28. The lowest BCUT2D eigenvalue weighted by Gasteiger charge is -2.36. The number of aliphatic hydroxyl groups is 1. The minimum absolute atomic E-state index is 0.00390. The first-order valence-electron chi connectivity index (χ1n) is 13.1. The number of carbonyl (C=O) groups is 1. The maximum atomic E-state index is 12.3. The van der Waals surface area contributed by atoms with E-state index in [0.717, 1.165) is 29.9 Å². The number of aliphatic hydroxyl groups excluding tert-OH is 1. The zero-order chi connectivity index (χ0) is 28.9. The molecule has 0 radical (unpaired) electrons. The Kier molecular flexibility index (Phi) is 9.16. The predicted octanol–water partition coefficient (Wildman–Crippen LogP) is 5.00. The molecule has 1 fully saturated rings. The van der Waals surface area contributed by atoms with Crippen molar-refractivity contribution in [3.8, 4) is 16.9 Å². The fraction of sp³-hybridized carbons (Fsp3) is 0.429. The summed E-state index contributed by atoms with van der Waals surface area (Å²) in [6, 6.07) is 15.9. The van der Waals surface area contributed by atoms with Crippen LogP contribution in [0.5, 0.6) is 5.75 Å². The summed E-state index contributed by atoms with van der Waals surface area (Å²) in [4.78, 5) is 30.2. The van der Waals surface area contributed by atoms with Gasteiger partial charge in [0.05, 0.1) is 6.10 Å².